The fourth-order valence-corrected chi connectivity index (χ4v) is 12.6. The quantitative estimate of drug-likeness (QED) is 0.121. The number of thiophene rings is 3. The molecule has 0 fully saturated rings. The van der Waals surface area contributed by atoms with Crippen LogP contribution in [0.3, 0.4) is 0 Å². The molecular weight excluding hydrogens is 742 g/mol. The van der Waals surface area contributed by atoms with Crippen LogP contribution in [0.25, 0.3) is 31.7 Å². The zero-order chi connectivity index (χ0) is 40.7. The van der Waals surface area contributed by atoms with Crippen LogP contribution in [0, 0.1) is 83.1 Å². The Morgan fingerprint density at radius 2 is 0.544 bits per heavy atom. The van der Waals surface area contributed by atoms with Crippen molar-refractivity contribution < 1.29 is 0 Å². The highest BCUT2D eigenvalue weighted by atomic mass is 32.1. The summed E-state index contributed by atoms with van der Waals surface area (Å²) >= 11 is 5.66. The van der Waals surface area contributed by atoms with Gasteiger partial charge in [0.25, 0.3) is 0 Å². The summed E-state index contributed by atoms with van der Waals surface area (Å²) in [6, 6.07) is 32.5. The molecule has 0 spiro atoms. The second kappa shape index (κ2) is 16.8. The largest absolute Gasteiger partial charge is 0.235 e. The Morgan fingerprint density at radius 3 is 0.807 bits per heavy atom. The second-order valence-electron chi connectivity index (χ2n) is 16.5. The van der Waals surface area contributed by atoms with E-state index < -0.39 is 0 Å². The van der Waals surface area contributed by atoms with Gasteiger partial charge in [0.2, 0.25) is 13.4 Å². The van der Waals surface area contributed by atoms with E-state index in [0.717, 1.165) is 0 Å². The molecule has 0 aliphatic rings. The molecule has 4 aromatic carbocycles. The number of hydrogen-bond donors (Lipinski definition) is 0. The van der Waals surface area contributed by atoms with Crippen LogP contribution in [0.1, 0.15) is 76.5 Å². The van der Waals surface area contributed by atoms with Gasteiger partial charge in [0.1, 0.15) is 0 Å². The Labute approximate surface area is 355 Å². The van der Waals surface area contributed by atoms with Crippen molar-refractivity contribution in [3.8, 4) is 19.5 Å². The van der Waals surface area contributed by atoms with Gasteiger partial charge in [0.05, 0.1) is 0 Å². The van der Waals surface area contributed by atoms with Crippen LogP contribution in [-0.4, -0.2) is 13.4 Å². The number of rotatable bonds is 10. The molecule has 3 heterocycles. The van der Waals surface area contributed by atoms with Crippen LogP contribution < -0.4 is 21.9 Å². The summed E-state index contributed by atoms with van der Waals surface area (Å²) in [4.78, 5) is 7.85. The third kappa shape index (κ3) is 8.72. The molecule has 0 saturated carbocycles. The SMILES string of the molecule is Cc1cc(C)c(B(/C=C/c2ccc(-c3ccc(-c4ccc(/C=C/B(c5c(C)cc(C)cc5C)c5c(C)cc(C)cc5C)s4)s3)s2)c2c(C)cc(C)cc2C)c(C)c1. The van der Waals surface area contributed by atoms with E-state index in [9.17, 15) is 0 Å². The lowest BCUT2D eigenvalue weighted by Crippen LogP contribution is -2.46. The van der Waals surface area contributed by atoms with E-state index in [-0.39, 0.29) is 13.4 Å². The third-order valence-electron chi connectivity index (χ3n) is 11.4. The first-order valence-electron chi connectivity index (χ1n) is 20.1. The lowest BCUT2D eigenvalue weighted by molar-refractivity contribution is 1.34. The van der Waals surface area contributed by atoms with Gasteiger partial charge in [-0.05, 0) is 119 Å². The van der Waals surface area contributed by atoms with Crippen molar-refractivity contribution in [1.29, 1.82) is 0 Å². The van der Waals surface area contributed by atoms with Crippen molar-refractivity contribution in [2.45, 2.75) is 83.1 Å². The Bertz CT molecular complexity index is 2290. The molecule has 7 aromatic rings. The van der Waals surface area contributed by atoms with E-state index in [1.54, 1.807) is 0 Å². The lowest BCUT2D eigenvalue weighted by atomic mass is 9.37. The topological polar surface area (TPSA) is 0 Å². The molecule has 7 rings (SSSR count). The van der Waals surface area contributed by atoms with Gasteiger partial charge in [-0.1, -0.05) is 149 Å². The van der Waals surface area contributed by atoms with E-state index in [1.165, 1.54) is 118 Å². The Kier molecular flexibility index (Phi) is 12.0. The summed E-state index contributed by atoms with van der Waals surface area (Å²) in [6.07, 6.45) is 4.71. The summed E-state index contributed by atoms with van der Waals surface area (Å²) in [7, 11) is 0. The summed E-state index contributed by atoms with van der Waals surface area (Å²) in [5.74, 6) is 4.89. The van der Waals surface area contributed by atoms with E-state index in [4.69, 9.17) is 0 Å². The summed E-state index contributed by atoms with van der Waals surface area (Å²) in [5.41, 5.74) is 21.9. The highest BCUT2D eigenvalue weighted by molar-refractivity contribution is 7.26. The molecule has 0 atom stereocenters. The molecule has 0 unspecified atom stereocenters. The highest BCUT2D eigenvalue weighted by Gasteiger charge is 2.26. The van der Waals surface area contributed by atoms with Gasteiger partial charge >= 0.3 is 0 Å². The molecule has 0 amide bonds. The van der Waals surface area contributed by atoms with E-state index in [1.807, 2.05) is 34.0 Å². The molecule has 0 aliphatic carbocycles. The van der Waals surface area contributed by atoms with Crippen LogP contribution in [0.2, 0.25) is 0 Å². The standard InChI is InChI=1S/C52H54B2S3/c1-31-23-35(5)49(36(6)24-31)53(50-37(7)25-32(2)26-38(50)8)21-19-43-13-15-45(55-43)47-17-18-48(57-47)46-16-14-44(56-46)20-22-54(51-39(9)27-33(3)28-40(51)10)52-41(11)29-34(4)30-42(52)12/h13-30H,1-12H3/b21-19+,22-20+. The van der Waals surface area contributed by atoms with Crippen molar-refractivity contribution in [1.82, 2.24) is 0 Å². The minimum absolute atomic E-state index is 0.192. The van der Waals surface area contributed by atoms with Gasteiger partial charge in [-0.3, -0.25) is 0 Å². The number of aryl methyl sites for hydroxylation is 12. The predicted molar refractivity (Wildman–Crippen MR) is 262 cm³/mol. The molecule has 5 heteroatoms. The van der Waals surface area contributed by atoms with Crippen molar-refractivity contribution in [3.05, 3.63) is 173 Å². The zero-order valence-corrected chi connectivity index (χ0v) is 38.2. The first-order valence-corrected chi connectivity index (χ1v) is 22.6. The summed E-state index contributed by atoms with van der Waals surface area (Å²) < 4.78 is 0. The van der Waals surface area contributed by atoms with E-state index in [0.29, 0.717) is 0 Å². The van der Waals surface area contributed by atoms with E-state index in [2.05, 4.69) is 192 Å². The molecule has 286 valence electrons. The maximum absolute atomic E-state index is 2.44. The van der Waals surface area contributed by atoms with Gasteiger partial charge < -0.3 is 0 Å². The molecule has 3 aromatic heterocycles. The predicted octanol–water partition coefficient (Wildman–Crippen LogP) is 12.6. The molecule has 0 N–H and O–H groups in total. The second-order valence-corrected chi connectivity index (χ2v) is 19.8. The van der Waals surface area contributed by atoms with Crippen molar-refractivity contribution in [3.63, 3.8) is 0 Å². The summed E-state index contributed by atoms with van der Waals surface area (Å²) in [5, 5.41) is 0. The van der Waals surface area contributed by atoms with Crippen molar-refractivity contribution >= 4 is 81.4 Å². The fraction of sp³-hybridized carbons (Fsp3) is 0.231. The van der Waals surface area contributed by atoms with Crippen LogP contribution in [0.4, 0.5) is 0 Å². The Balaban J connectivity index is 1.15. The number of benzene rings is 4. The average molecular weight is 797 g/mol. The van der Waals surface area contributed by atoms with Crippen LogP contribution >= 0.6 is 34.0 Å². The number of hydrogen-bond acceptors (Lipinski definition) is 3. The first-order chi connectivity index (χ1) is 27.2. The van der Waals surface area contributed by atoms with Crippen molar-refractivity contribution in [2.75, 3.05) is 0 Å². The van der Waals surface area contributed by atoms with Crippen LogP contribution in [0.15, 0.2) is 96.9 Å². The average Bonchev–Trinajstić information content (AvgIpc) is 3.89. The molecule has 0 nitrogen and oxygen atoms in total. The molecule has 0 saturated heterocycles. The molecule has 0 aliphatic heterocycles. The van der Waals surface area contributed by atoms with Crippen molar-refractivity contribution in [2.24, 2.45) is 0 Å². The maximum Gasteiger partial charge on any atom is 0.235 e. The lowest BCUT2D eigenvalue weighted by Gasteiger charge is -2.22. The molecule has 57 heavy (non-hydrogen) atoms. The van der Waals surface area contributed by atoms with Crippen LogP contribution in [0.5, 0.6) is 0 Å². The highest BCUT2D eigenvalue weighted by Crippen LogP contribution is 2.40. The molecular formula is C52H54B2S3. The smallest absolute Gasteiger partial charge is 0.135 e. The molecule has 0 radical (unpaired) electrons. The minimum Gasteiger partial charge on any atom is -0.135 e. The van der Waals surface area contributed by atoms with Gasteiger partial charge in [0, 0.05) is 29.3 Å². The van der Waals surface area contributed by atoms with Gasteiger partial charge in [0.15, 0.2) is 0 Å². The first kappa shape index (κ1) is 40.8. The maximum atomic E-state index is 2.44. The van der Waals surface area contributed by atoms with Gasteiger partial charge in [-0.25, -0.2) is 0 Å². The Hall–Kier alpha value is -4.41. The Morgan fingerprint density at radius 1 is 0.316 bits per heavy atom. The zero-order valence-electron chi connectivity index (χ0n) is 35.8. The third-order valence-corrected chi connectivity index (χ3v) is 15.0. The van der Waals surface area contributed by atoms with Gasteiger partial charge in [-0.2, -0.15) is 0 Å². The van der Waals surface area contributed by atoms with E-state index >= 15 is 0 Å². The molecule has 0 bridgehead atoms. The normalized spacial score (nSPS) is 11.7. The fourth-order valence-electron chi connectivity index (χ4n) is 9.54. The van der Waals surface area contributed by atoms with Gasteiger partial charge in [-0.15, -0.1) is 46.0 Å². The summed E-state index contributed by atoms with van der Waals surface area (Å²) in [6.45, 7) is 27.4. The van der Waals surface area contributed by atoms with Crippen LogP contribution in [-0.2, 0) is 0 Å². The monoisotopic (exact) mass is 796 g/mol. The minimum atomic E-state index is 0.192.